The Morgan fingerprint density at radius 1 is 0.944 bits per heavy atom. The maximum Gasteiger partial charge on any atom is 0.349 e. The Balaban J connectivity index is 1.40. The van der Waals surface area contributed by atoms with E-state index in [4.69, 9.17) is 13.9 Å². The first-order chi connectivity index (χ1) is 17.5. The van der Waals surface area contributed by atoms with Crippen molar-refractivity contribution in [3.63, 3.8) is 0 Å². The molecule has 1 amide bonds. The summed E-state index contributed by atoms with van der Waals surface area (Å²) in [6.07, 6.45) is 3.87. The quantitative estimate of drug-likeness (QED) is 0.153. The van der Waals surface area contributed by atoms with Gasteiger partial charge in [-0.1, -0.05) is 49.4 Å². The lowest BCUT2D eigenvalue weighted by Crippen LogP contribution is -2.27. The fourth-order valence-electron chi connectivity index (χ4n) is 3.40. The van der Waals surface area contributed by atoms with Crippen molar-refractivity contribution in [2.24, 2.45) is 0 Å². The molecule has 0 saturated heterocycles. The number of esters is 1. The summed E-state index contributed by atoms with van der Waals surface area (Å²) in [5, 5.41) is 3.24. The zero-order chi connectivity index (χ0) is 25.3. The first-order valence-electron chi connectivity index (χ1n) is 11.5. The Morgan fingerprint density at radius 3 is 2.44 bits per heavy atom. The van der Waals surface area contributed by atoms with Crippen LogP contribution >= 0.6 is 0 Å². The summed E-state index contributed by atoms with van der Waals surface area (Å²) in [6, 6.07) is 22.8. The van der Waals surface area contributed by atoms with Gasteiger partial charge in [0.15, 0.2) is 0 Å². The van der Waals surface area contributed by atoms with Gasteiger partial charge in [0.05, 0.1) is 6.61 Å². The van der Waals surface area contributed by atoms with E-state index in [9.17, 15) is 14.4 Å². The van der Waals surface area contributed by atoms with Crippen LogP contribution in [-0.4, -0.2) is 18.5 Å². The molecule has 0 aliphatic rings. The fraction of sp³-hybridized carbons (Fsp3) is 0.138. The second-order valence-electron chi connectivity index (χ2n) is 7.99. The lowest BCUT2D eigenvalue weighted by atomic mass is 10.1. The number of fused-ring (bicyclic) bond motifs is 1. The van der Waals surface area contributed by atoms with Gasteiger partial charge in [-0.05, 0) is 54.0 Å². The molecule has 3 aromatic carbocycles. The molecular weight excluding hydrogens is 458 g/mol. The lowest BCUT2D eigenvalue weighted by Gasteiger charge is -2.06. The van der Waals surface area contributed by atoms with Crippen LogP contribution in [0.2, 0.25) is 0 Å². The van der Waals surface area contributed by atoms with Crippen LogP contribution in [0.1, 0.15) is 34.8 Å². The summed E-state index contributed by atoms with van der Waals surface area (Å²) >= 11 is 0. The Morgan fingerprint density at radius 2 is 1.69 bits per heavy atom. The van der Waals surface area contributed by atoms with E-state index in [0.29, 0.717) is 12.0 Å². The molecule has 7 heteroatoms. The van der Waals surface area contributed by atoms with Gasteiger partial charge in [-0.15, -0.1) is 0 Å². The van der Waals surface area contributed by atoms with Crippen molar-refractivity contribution in [2.45, 2.75) is 19.9 Å². The molecule has 182 valence electrons. The third-order valence-corrected chi connectivity index (χ3v) is 5.23. The van der Waals surface area contributed by atoms with E-state index in [2.05, 4.69) is 5.32 Å². The zero-order valence-corrected chi connectivity index (χ0v) is 19.7. The number of carbonyl (C=O) groups is 2. The molecule has 0 aliphatic carbocycles. The van der Waals surface area contributed by atoms with Crippen LogP contribution in [0.3, 0.4) is 0 Å². The van der Waals surface area contributed by atoms with Crippen LogP contribution < -0.4 is 20.4 Å². The maximum absolute atomic E-state index is 12.5. The Kier molecular flexibility index (Phi) is 7.93. The van der Waals surface area contributed by atoms with Gasteiger partial charge < -0.3 is 19.2 Å². The molecule has 0 spiro atoms. The number of carbonyl (C=O) groups excluding carboxylic acids is 2. The predicted molar refractivity (Wildman–Crippen MR) is 137 cm³/mol. The first-order valence-corrected chi connectivity index (χ1v) is 11.5. The van der Waals surface area contributed by atoms with Crippen molar-refractivity contribution in [2.75, 3.05) is 6.61 Å². The third-order valence-electron chi connectivity index (χ3n) is 5.23. The van der Waals surface area contributed by atoms with Crippen LogP contribution in [0.25, 0.3) is 17.0 Å². The highest BCUT2D eigenvalue weighted by Gasteiger charge is 2.14. The topological polar surface area (TPSA) is 94.8 Å². The summed E-state index contributed by atoms with van der Waals surface area (Å²) in [5.41, 5.74) is 1.06. The van der Waals surface area contributed by atoms with E-state index in [1.807, 2.05) is 61.5 Å². The first kappa shape index (κ1) is 24.5. The Bertz CT molecular complexity index is 1440. The minimum Gasteiger partial charge on any atom is -0.494 e. The number of hydrogen-bond donors (Lipinski definition) is 1. The SMILES string of the molecule is CCCOc1ccc(/C=C/C(=O)Oc2ccc3cc(C(=O)NCc4ccccc4)c(=O)oc3c2)cc1. The average molecular weight is 484 g/mol. The third kappa shape index (κ3) is 6.48. The summed E-state index contributed by atoms with van der Waals surface area (Å²) in [7, 11) is 0. The van der Waals surface area contributed by atoms with Gasteiger partial charge in [0, 0.05) is 24.1 Å². The van der Waals surface area contributed by atoms with Gasteiger partial charge in [-0.2, -0.15) is 0 Å². The largest absolute Gasteiger partial charge is 0.494 e. The van der Waals surface area contributed by atoms with Gasteiger partial charge in [-0.25, -0.2) is 9.59 Å². The molecule has 1 N–H and O–H groups in total. The van der Waals surface area contributed by atoms with Gasteiger partial charge >= 0.3 is 11.6 Å². The summed E-state index contributed by atoms with van der Waals surface area (Å²) in [5.74, 6) is -0.129. The number of nitrogens with one attached hydrogen (secondary N) is 1. The second-order valence-corrected chi connectivity index (χ2v) is 7.99. The number of ether oxygens (including phenoxy) is 2. The van der Waals surface area contributed by atoms with Crippen LogP contribution in [0, 0.1) is 0 Å². The molecule has 36 heavy (non-hydrogen) atoms. The summed E-state index contributed by atoms with van der Waals surface area (Å²) in [6.45, 7) is 2.97. The average Bonchev–Trinajstić information content (AvgIpc) is 2.90. The monoisotopic (exact) mass is 483 g/mol. The van der Waals surface area contributed by atoms with Gasteiger partial charge in [0.2, 0.25) is 0 Å². The zero-order valence-electron chi connectivity index (χ0n) is 19.7. The van der Waals surface area contributed by atoms with Crippen LogP contribution in [0.15, 0.2) is 94.2 Å². The minimum atomic E-state index is -0.775. The standard InChI is InChI=1S/C29H25NO6/c1-2-16-34-23-12-8-20(9-13-23)10-15-27(31)35-24-14-11-22-17-25(29(33)36-26(22)18-24)28(32)30-19-21-6-4-3-5-7-21/h3-15,17-18H,2,16,19H2,1H3,(H,30,32)/b15-10+. The molecule has 0 saturated carbocycles. The van der Waals surface area contributed by atoms with Crippen molar-refractivity contribution >= 4 is 28.9 Å². The number of rotatable bonds is 9. The van der Waals surface area contributed by atoms with Gasteiger partial charge in [0.1, 0.15) is 22.6 Å². The molecule has 1 aromatic heterocycles. The molecule has 4 aromatic rings. The molecule has 0 bridgehead atoms. The highest BCUT2D eigenvalue weighted by atomic mass is 16.5. The maximum atomic E-state index is 12.5. The normalized spacial score (nSPS) is 10.9. The molecule has 7 nitrogen and oxygen atoms in total. The second kappa shape index (κ2) is 11.7. The smallest absolute Gasteiger partial charge is 0.349 e. The van der Waals surface area contributed by atoms with Crippen molar-refractivity contribution in [1.29, 1.82) is 0 Å². The van der Waals surface area contributed by atoms with E-state index < -0.39 is 17.5 Å². The highest BCUT2D eigenvalue weighted by molar-refractivity contribution is 5.97. The number of hydrogen-bond acceptors (Lipinski definition) is 6. The molecule has 0 fully saturated rings. The number of amides is 1. The van der Waals surface area contributed by atoms with E-state index in [-0.39, 0.29) is 23.4 Å². The van der Waals surface area contributed by atoms with E-state index >= 15 is 0 Å². The van der Waals surface area contributed by atoms with Crippen molar-refractivity contribution in [3.8, 4) is 11.5 Å². The summed E-state index contributed by atoms with van der Waals surface area (Å²) in [4.78, 5) is 37.1. The van der Waals surface area contributed by atoms with Crippen LogP contribution in [0.5, 0.6) is 11.5 Å². The molecule has 0 radical (unpaired) electrons. The molecule has 1 heterocycles. The minimum absolute atomic E-state index is 0.0998. The van der Waals surface area contributed by atoms with E-state index in [0.717, 1.165) is 23.3 Å². The van der Waals surface area contributed by atoms with Crippen molar-refractivity contribution in [1.82, 2.24) is 5.32 Å². The Labute approximate surface area is 208 Å². The van der Waals surface area contributed by atoms with Gasteiger partial charge in [0.25, 0.3) is 5.91 Å². The van der Waals surface area contributed by atoms with Crippen LogP contribution in [0.4, 0.5) is 0 Å². The molecular formula is C29H25NO6. The number of benzene rings is 3. The molecule has 0 unspecified atom stereocenters. The predicted octanol–water partition coefficient (Wildman–Crippen LogP) is 5.13. The molecule has 4 rings (SSSR count). The van der Waals surface area contributed by atoms with E-state index in [1.54, 1.807) is 18.2 Å². The summed E-state index contributed by atoms with van der Waals surface area (Å²) < 4.78 is 16.2. The lowest BCUT2D eigenvalue weighted by molar-refractivity contribution is -0.128. The van der Waals surface area contributed by atoms with Crippen LogP contribution in [-0.2, 0) is 11.3 Å². The van der Waals surface area contributed by atoms with Gasteiger partial charge in [-0.3, -0.25) is 4.79 Å². The van der Waals surface area contributed by atoms with E-state index in [1.165, 1.54) is 18.2 Å². The van der Waals surface area contributed by atoms with Crippen molar-refractivity contribution < 1.29 is 23.5 Å². The van der Waals surface area contributed by atoms with Crippen molar-refractivity contribution in [3.05, 3.63) is 112 Å². The highest BCUT2D eigenvalue weighted by Crippen LogP contribution is 2.21. The molecule has 0 aliphatic heterocycles. The Hall–Kier alpha value is -4.65. The molecule has 0 atom stereocenters. The fourth-order valence-corrected chi connectivity index (χ4v) is 3.40.